The number of hydrogen-bond acceptors (Lipinski definition) is 3. The van der Waals surface area contributed by atoms with Crippen molar-refractivity contribution in [1.82, 2.24) is 10.2 Å². The number of hydrogen-bond donors (Lipinski definition) is 2. The van der Waals surface area contributed by atoms with E-state index < -0.39 is 0 Å². The molecule has 1 fully saturated rings. The van der Waals surface area contributed by atoms with Crippen LogP contribution in [0.2, 0.25) is 0 Å². The average Bonchev–Trinajstić information content (AvgIpc) is 3.09. The molecule has 2 N–H and O–H groups in total. The Labute approximate surface area is 107 Å². The average molecular weight is 242 g/mol. The Morgan fingerprint density at radius 3 is 2.59 bits per heavy atom. The first-order valence-electron chi connectivity index (χ1n) is 7.14. The molecule has 1 saturated carbocycles. The monoisotopic (exact) mass is 242 g/mol. The smallest absolute Gasteiger partial charge is 0.0610 e. The fourth-order valence-corrected chi connectivity index (χ4v) is 2.38. The van der Waals surface area contributed by atoms with E-state index in [1.807, 2.05) is 0 Å². The first kappa shape index (κ1) is 14.9. The van der Waals surface area contributed by atoms with Crippen LogP contribution in [0.25, 0.3) is 0 Å². The highest BCUT2D eigenvalue weighted by Crippen LogP contribution is 2.29. The van der Waals surface area contributed by atoms with Gasteiger partial charge < -0.3 is 15.3 Å². The van der Waals surface area contributed by atoms with Crippen LogP contribution < -0.4 is 5.32 Å². The van der Waals surface area contributed by atoms with Gasteiger partial charge in [0.25, 0.3) is 0 Å². The molecule has 1 aliphatic rings. The predicted molar refractivity (Wildman–Crippen MR) is 73.2 cm³/mol. The zero-order valence-electron chi connectivity index (χ0n) is 11.8. The summed E-state index contributed by atoms with van der Waals surface area (Å²) < 4.78 is 0. The number of nitrogens with zero attached hydrogens (tertiary/aromatic N) is 1. The van der Waals surface area contributed by atoms with Crippen LogP contribution in [0.5, 0.6) is 0 Å². The zero-order valence-corrected chi connectivity index (χ0v) is 11.8. The third-order valence-electron chi connectivity index (χ3n) is 3.74. The normalized spacial score (nSPS) is 19.6. The summed E-state index contributed by atoms with van der Waals surface area (Å²) in [5.74, 6) is 0.990. The Hall–Kier alpha value is -0.120. The highest BCUT2D eigenvalue weighted by Gasteiger charge is 2.23. The van der Waals surface area contributed by atoms with Crippen molar-refractivity contribution >= 4 is 0 Å². The highest BCUT2D eigenvalue weighted by atomic mass is 16.3. The van der Waals surface area contributed by atoms with Gasteiger partial charge in [-0.15, -0.1) is 0 Å². The number of aliphatic hydroxyl groups is 1. The van der Waals surface area contributed by atoms with Gasteiger partial charge in [-0.05, 0) is 58.7 Å². The van der Waals surface area contributed by atoms with Gasteiger partial charge >= 0.3 is 0 Å². The van der Waals surface area contributed by atoms with E-state index in [-0.39, 0.29) is 12.1 Å². The van der Waals surface area contributed by atoms with E-state index in [2.05, 4.69) is 31.1 Å². The van der Waals surface area contributed by atoms with Crippen LogP contribution in [0.4, 0.5) is 0 Å². The summed E-state index contributed by atoms with van der Waals surface area (Å²) in [6.45, 7) is 7.85. The van der Waals surface area contributed by atoms with Gasteiger partial charge in [-0.3, -0.25) is 0 Å². The lowest BCUT2D eigenvalue weighted by Gasteiger charge is -2.28. The molecule has 0 aromatic rings. The lowest BCUT2D eigenvalue weighted by molar-refractivity contribution is 0.163. The molecule has 1 rings (SSSR count). The van der Waals surface area contributed by atoms with Crippen molar-refractivity contribution in [1.29, 1.82) is 0 Å². The van der Waals surface area contributed by atoms with E-state index in [0.29, 0.717) is 0 Å². The standard InChI is InChI=1S/C14H30N2O/c1-4-15-14(2,12-17)9-5-6-10-16(3)11-13-7-8-13/h13,15,17H,4-12H2,1-3H3. The van der Waals surface area contributed by atoms with Crippen LogP contribution in [0.3, 0.4) is 0 Å². The van der Waals surface area contributed by atoms with Crippen molar-refractivity contribution in [3.8, 4) is 0 Å². The minimum atomic E-state index is -0.0795. The van der Waals surface area contributed by atoms with Crippen LogP contribution in [-0.2, 0) is 0 Å². The van der Waals surface area contributed by atoms with E-state index in [4.69, 9.17) is 0 Å². The third-order valence-corrected chi connectivity index (χ3v) is 3.74. The van der Waals surface area contributed by atoms with Crippen LogP contribution in [-0.4, -0.2) is 48.8 Å². The van der Waals surface area contributed by atoms with Crippen molar-refractivity contribution in [3.63, 3.8) is 0 Å². The molecule has 0 aromatic heterocycles. The summed E-state index contributed by atoms with van der Waals surface area (Å²) in [7, 11) is 2.23. The van der Waals surface area contributed by atoms with Gasteiger partial charge in [-0.1, -0.05) is 13.3 Å². The number of rotatable bonds is 10. The zero-order chi connectivity index (χ0) is 12.7. The molecular formula is C14H30N2O. The molecular weight excluding hydrogens is 212 g/mol. The molecule has 3 nitrogen and oxygen atoms in total. The molecule has 0 amide bonds. The minimum absolute atomic E-state index is 0.0795. The first-order valence-corrected chi connectivity index (χ1v) is 7.14. The number of aliphatic hydroxyl groups excluding tert-OH is 1. The molecule has 1 atom stereocenters. The van der Waals surface area contributed by atoms with Gasteiger partial charge in [0.1, 0.15) is 0 Å². The van der Waals surface area contributed by atoms with Crippen LogP contribution in [0, 0.1) is 5.92 Å². The summed E-state index contributed by atoms with van der Waals surface area (Å²) >= 11 is 0. The molecule has 3 heteroatoms. The second kappa shape index (κ2) is 7.34. The number of unbranched alkanes of at least 4 members (excludes halogenated alkanes) is 1. The van der Waals surface area contributed by atoms with Crippen molar-refractivity contribution in [2.24, 2.45) is 5.92 Å². The van der Waals surface area contributed by atoms with Crippen molar-refractivity contribution < 1.29 is 5.11 Å². The summed E-state index contributed by atoms with van der Waals surface area (Å²) in [5, 5.41) is 12.8. The van der Waals surface area contributed by atoms with Crippen molar-refractivity contribution in [2.45, 2.75) is 51.5 Å². The molecule has 1 unspecified atom stereocenters. The van der Waals surface area contributed by atoms with Gasteiger partial charge in [0.2, 0.25) is 0 Å². The molecule has 0 aliphatic heterocycles. The maximum absolute atomic E-state index is 9.38. The summed E-state index contributed by atoms with van der Waals surface area (Å²) in [6, 6.07) is 0. The van der Waals surface area contributed by atoms with Crippen LogP contribution >= 0.6 is 0 Å². The lowest BCUT2D eigenvalue weighted by atomic mass is 9.95. The molecule has 1 aliphatic carbocycles. The second-order valence-electron chi connectivity index (χ2n) is 5.91. The van der Waals surface area contributed by atoms with Gasteiger partial charge in [-0.25, -0.2) is 0 Å². The summed E-state index contributed by atoms with van der Waals surface area (Å²) in [6.07, 6.45) is 6.37. The van der Waals surface area contributed by atoms with Crippen LogP contribution in [0.15, 0.2) is 0 Å². The fourth-order valence-electron chi connectivity index (χ4n) is 2.38. The Morgan fingerprint density at radius 2 is 2.06 bits per heavy atom. The summed E-state index contributed by atoms with van der Waals surface area (Å²) in [5.41, 5.74) is -0.0795. The van der Waals surface area contributed by atoms with Crippen molar-refractivity contribution in [2.75, 3.05) is 33.3 Å². The second-order valence-corrected chi connectivity index (χ2v) is 5.91. The lowest BCUT2D eigenvalue weighted by Crippen LogP contribution is -2.45. The fraction of sp³-hybridized carbons (Fsp3) is 1.00. The van der Waals surface area contributed by atoms with Gasteiger partial charge in [-0.2, -0.15) is 0 Å². The number of likely N-dealkylation sites (N-methyl/N-ethyl adjacent to an activating group) is 1. The molecule has 102 valence electrons. The Balaban J connectivity index is 2.04. The van der Waals surface area contributed by atoms with E-state index >= 15 is 0 Å². The predicted octanol–water partition coefficient (Wildman–Crippen LogP) is 1.86. The first-order chi connectivity index (χ1) is 8.09. The van der Waals surface area contributed by atoms with Crippen molar-refractivity contribution in [3.05, 3.63) is 0 Å². The minimum Gasteiger partial charge on any atom is -0.394 e. The van der Waals surface area contributed by atoms with Gasteiger partial charge in [0.05, 0.1) is 6.61 Å². The van der Waals surface area contributed by atoms with Gasteiger partial charge in [0, 0.05) is 12.1 Å². The van der Waals surface area contributed by atoms with E-state index in [1.165, 1.54) is 38.8 Å². The maximum Gasteiger partial charge on any atom is 0.0610 e. The van der Waals surface area contributed by atoms with Gasteiger partial charge in [0.15, 0.2) is 0 Å². The Morgan fingerprint density at radius 1 is 1.35 bits per heavy atom. The molecule has 17 heavy (non-hydrogen) atoms. The maximum atomic E-state index is 9.38. The van der Waals surface area contributed by atoms with E-state index in [0.717, 1.165) is 18.9 Å². The Kier molecular flexibility index (Phi) is 6.45. The quantitative estimate of drug-likeness (QED) is 0.574. The topological polar surface area (TPSA) is 35.5 Å². The molecule has 0 bridgehead atoms. The third kappa shape index (κ3) is 6.39. The molecule has 0 heterocycles. The van der Waals surface area contributed by atoms with E-state index in [9.17, 15) is 5.11 Å². The SMILES string of the molecule is CCNC(C)(CO)CCCCN(C)CC1CC1. The molecule has 0 radical (unpaired) electrons. The molecule has 0 saturated heterocycles. The largest absolute Gasteiger partial charge is 0.394 e. The molecule has 0 spiro atoms. The Bertz CT molecular complexity index is 206. The number of nitrogens with one attached hydrogen (secondary N) is 1. The van der Waals surface area contributed by atoms with E-state index in [1.54, 1.807) is 0 Å². The molecule has 0 aromatic carbocycles. The highest BCUT2D eigenvalue weighted by molar-refractivity contribution is 4.81. The summed E-state index contributed by atoms with van der Waals surface area (Å²) in [4.78, 5) is 2.46. The van der Waals surface area contributed by atoms with Crippen LogP contribution in [0.1, 0.15) is 46.0 Å².